The number of rotatable bonds is 12. The predicted molar refractivity (Wildman–Crippen MR) is 143 cm³/mol. The lowest BCUT2D eigenvalue weighted by molar-refractivity contribution is -0.162. The number of methoxy groups -OCH3 is 1. The number of nitrogens with zero attached hydrogens (tertiary/aromatic N) is 2. The van der Waals surface area contributed by atoms with E-state index in [1.165, 1.54) is 38.6 Å². The molecular weight excluding hydrogens is 522 g/mol. The molecule has 0 saturated carbocycles. The minimum Gasteiger partial charge on any atom is -0.497 e. The van der Waals surface area contributed by atoms with E-state index in [-0.39, 0.29) is 12.1 Å². The highest BCUT2D eigenvalue weighted by molar-refractivity contribution is 6.06. The number of aliphatic imine (C=N–C) groups is 1. The number of ketones is 1. The molecule has 214 valence electrons. The Labute approximate surface area is 231 Å². The van der Waals surface area contributed by atoms with Gasteiger partial charge in [0.05, 0.1) is 19.3 Å². The Bertz CT molecular complexity index is 1190. The molecule has 3 atom stereocenters. The van der Waals surface area contributed by atoms with Crippen LogP contribution in [-0.2, 0) is 25.5 Å². The highest BCUT2D eigenvalue weighted by atomic mass is 16.6. The smallest absolute Gasteiger partial charge is 0.435 e. The standard InChI is InChI=1S/C27H33N5O8/c1-16(28)39-27(37)31-15-18-5-8-21(30-14-18)25(34)32-22(13-17-3-6-19(38-2)7-4-17)23(33)24(26(35)36)40-20-9-11-29-12-10-20/h3-8,14-16,20,22,24,29H,9-13,28H2,1-2H3,(H,32,34)(H,35,36). The van der Waals surface area contributed by atoms with Crippen molar-refractivity contribution < 1.29 is 38.5 Å². The average molecular weight is 556 g/mol. The van der Waals surface area contributed by atoms with Crippen LogP contribution in [0.25, 0.3) is 0 Å². The molecule has 13 heteroatoms. The van der Waals surface area contributed by atoms with Gasteiger partial charge in [-0.25, -0.2) is 9.59 Å². The second-order valence-corrected chi connectivity index (χ2v) is 9.11. The second-order valence-electron chi connectivity index (χ2n) is 9.11. The summed E-state index contributed by atoms with van der Waals surface area (Å²) < 4.78 is 15.6. The molecule has 1 saturated heterocycles. The molecule has 1 aliphatic rings. The molecule has 0 aliphatic carbocycles. The third-order valence-electron chi connectivity index (χ3n) is 5.97. The first-order chi connectivity index (χ1) is 19.2. The Kier molecular flexibility index (Phi) is 11.2. The fourth-order valence-electron chi connectivity index (χ4n) is 3.94. The monoisotopic (exact) mass is 555 g/mol. The quantitative estimate of drug-likeness (QED) is 0.166. The fraction of sp³-hybridized carbons (Fsp3) is 0.407. The number of carboxylic acid groups (broad SMARTS) is 1. The summed E-state index contributed by atoms with van der Waals surface area (Å²) in [5.74, 6) is -2.31. The van der Waals surface area contributed by atoms with Gasteiger partial charge >= 0.3 is 12.1 Å². The van der Waals surface area contributed by atoms with Crippen molar-refractivity contribution in [3.8, 4) is 5.75 Å². The highest BCUT2D eigenvalue weighted by Gasteiger charge is 2.36. The number of piperidine rings is 1. The van der Waals surface area contributed by atoms with Gasteiger partial charge in [-0.2, -0.15) is 4.99 Å². The van der Waals surface area contributed by atoms with Gasteiger partial charge in [-0.05, 0) is 69.1 Å². The van der Waals surface area contributed by atoms with Crippen LogP contribution in [0.1, 0.15) is 41.4 Å². The van der Waals surface area contributed by atoms with Gasteiger partial charge in [-0.1, -0.05) is 12.1 Å². The minimum atomic E-state index is -1.76. The number of carbonyl (C=O) groups is 4. The van der Waals surface area contributed by atoms with Crippen molar-refractivity contribution in [3.05, 3.63) is 59.4 Å². The lowest BCUT2D eigenvalue weighted by atomic mass is 9.98. The SMILES string of the molecule is COc1ccc(CC(NC(=O)c2ccc(C=NC(=O)OC(C)N)cn2)C(=O)C(OC2CCNCC2)C(=O)O)cc1. The Morgan fingerprint density at radius 2 is 1.88 bits per heavy atom. The Morgan fingerprint density at radius 3 is 2.45 bits per heavy atom. The van der Waals surface area contributed by atoms with Gasteiger partial charge in [0.25, 0.3) is 5.91 Å². The summed E-state index contributed by atoms with van der Waals surface area (Å²) >= 11 is 0. The molecule has 1 aromatic heterocycles. The van der Waals surface area contributed by atoms with Crippen molar-refractivity contribution in [3.63, 3.8) is 0 Å². The van der Waals surface area contributed by atoms with Crippen molar-refractivity contribution in [1.29, 1.82) is 0 Å². The van der Waals surface area contributed by atoms with Crippen LogP contribution in [0.3, 0.4) is 0 Å². The van der Waals surface area contributed by atoms with Crippen molar-refractivity contribution in [2.45, 2.75) is 50.7 Å². The molecule has 1 aliphatic heterocycles. The van der Waals surface area contributed by atoms with Gasteiger partial charge in [0.2, 0.25) is 6.10 Å². The van der Waals surface area contributed by atoms with Gasteiger partial charge in [0, 0.05) is 18.0 Å². The number of hydrogen-bond donors (Lipinski definition) is 4. The van der Waals surface area contributed by atoms with E-state index in [1.807, 2.05) is 0 Å². The number of amides is 2. The molecule has 2 aromatic rings. The van der Waals surface area contributed by atoms with Crippen LogP contribution in [0.2, 0.25) is 0 Å². The zero-order valence-electron chi connectivity index (χ0n) is 22.2. The number of hydrogen-bond acceptors (Lipinski definition) is 10. The molecule has 0 spiro atoms. The number of benzene rings is 1. The van der Waals surface area contributed by atoms with E-state index in [1.54, 1.807) is 24.3 Å². The summed E-state index contributed by atoms with van der Waals surface area (Å²) in [5, 5.41) is 15.6. The van der Waals surface area contributed by atoms with Crippen LogP contribution in [0.4, 0.5) is 4.79 Å². The van der Waals surface area contributed by atoms with Gasteiger partial charge in [-0.3, -0.25) is 20.3 Å². The molecule has 3 unspecified atom stereocenters. The van der Waals surface area contributed by atoms with E-state index < -0.39 is 48.2 Å². The topological polar surface area (TPSA) is 192 Å². The van der Waals surface area contributed by atoms with Crippen LogP contribution in [-0.4, -0.2) is 84.7 Å². The molecule has 40 heavy (non-hydrogen) atoms. The third kappa shape index (κ3) is 9.22. The third-order valence-corrected chi connectivity index (χ3v) is 5.97. The minimum absolute atomic E-state index is 0.0142. The van der Waals surface area contributed by atoms with E-state index in [2.05, 4.69) is 20.6 Å². The van der Waals surface area contributed by atoms with Gasteiger partial charge < -0.3 is 30.0 Å². The second kappa shape index (κ2) is 14.8. The van der Waals surface area contributed by atoms with Gasteiger partial charge in [0.15, 0.2) is 5.78 Å². The predicted octanol–water partition coefficient (Wildman–Crippen LogP) is 1.08. The maximum atomic E-state index is 13.5. The molecule has 2 amide bonds. The summed E-state index contributed by atoms with van der Waals surface area (Å²) in [6.07, 6.45) is -0.197. The Hall–Kier alpha value is -4.20. The maximum absolute atomic E-state index is 13.5. The molecule has 0 radical (unpaired) electrons. The van der Waals surface area contributed by atoms with Crippen molar-refractivity contribution >= 4 is 30.0 Å². The zero-order chi connectivity index (χ0) is 29.1. The zero-order valence-corrected chi connectivity index (χ0v) is 22.2. The Balaban J connectivity index is 1.77. The first kappa shape index (κ1) is 30.3. The van der Waals surface area contributed by atoms with Crippen LogP contribution < -0.4 is 21.1 Å². The summed E-state index contributed by atoms with van der Waals surface area (Å²) in [6.45, 7) is 2.78. The van der Waals surface area contributed by atoms with Gasteiger partial charge in [-0.15, -0.1) is 0 Å². The van der Waals surface area contributed by atoms with Crippen molar-refractivity contribution in [1.82, 2.24) is 15.6 Å². The number of aromatic nitrogens is 1. The van der Waals surface area contributed by atoms with Crippen molar-refractivity contribution in [2.75, 3.05) is 20.2 Å². The molecular formula is C27H33N5O8. The van der Waals surface area contributed by atoms with Gasteiger partial charge in [0.1, 0.15) is 17.7 Å². The van der Waals surface area contributed by atoms with E-state index in [0.717, 1.165) is 0 Å². The molecule has 5 N–H and O–H groups in total. The molecule has 2 heterocycles. The first-order valence-corrected chi connectivity index (χ1v) is 12.7. The lowest BCUT2D eigenvalue weighted by Crippen LogP contribution is -2.51. The highest BCUT2D eigenvalue weighted by Crippen LogP contribution is 2.17. The van der Waals surface area contributed by atoms with E-state index in [9.17, 15) is 24.3 Å². The number of carbonyl (C=O) groups excluding carboxylic acids is 3. The average Bonchev–Trinajstić information content (AvgIpc) is 2.94. The number of Topliss-reactive ketones (excluding diaryl/α,β-unsaturated/α-hetero) is 1. The van der Waals surface area contributed by atoms with Crippen LogP contribution >= 0.6 is 0 Å². The number of aliphatic carboxylic acids is 1. The van der Waals surface area contributed by atoms with E-state index in [4.69, 9.17) is 19.9 Å². The number of ether oxygens (including phenoxy) is 3. The lowest BCUT2D eigenvalue weighted by Gasteiger charge is -2.28. The normalized spacial score (nSPS) is 16.1. The number of carboxylic acids is 1. The summed E-state index contributed by atoms with van der Waals surface area (Å²) in [7, 11) is 1.52. The fourth-order valence-corrected chi connectivity index (χ4v) is 3.94. The number of nitrogens with one attached hydrogen (secondary N) is 2. The number of nitrogens with two attached hydrogens (primary N) is 1. The molecule has 0 bridgehead atoms. The summed E-state index contributed by atoms with van der Waals surface area (Å²) in [5.41, 5.74) is 6.42. The largest absolute Gasteiger partial charge is 0.497 e. The molecule has 1 aromatic carbocycles. The van der Waals surface area contributed by atoms with Crippen molar-refractivity contribution in [2.24, 2.45) is 10.7 Å². The Morgan fingerprint density at radius 1 is 1.18 bits per heavy atom. The van der Waals surface area contributed by atoms with E-state index >= 15 is 0 Å². The maximum Gasteiger partial charge on any atom is 0.435 e. The molecule has 13 nitrogen and oxygen atoms in total. The molecule has 1 fully saturated rings. The summed E-state index contributed by atoms with van der Waals surface area (Å²) in [6, 6.07) is 8.48. The van der Waals surface area contributed by atoms with Crippen LogP contribution in [0.5, 0.6) is 5.75 Å². The van der Waals surface area contributed by atoms with Crippen LogP contribution in [0, 0.1) is 0 Å². The molecule has 3 rings (SSSR count). The summed E-state index contributed by atoms with van der Waals surface area (Å²) in [4.78, 5) is 57.8. The first-order valence-electron chi connectivity index (χ1n) is 12.7. The van der Waals surface area contributed by atoms with Crippen LogP contribution in [0.15, 0.2) is 47.6 Å². The van der Waals surface area contributed by atoms with E-state index in [0.29, 0.717) is 42.8 Å². The number of pyridine rings is 1.